The molecule has 0 aliphatic rings. The van der Waals surface area contributed by atoms with Crippen LogP contribution in [-0.4, -0.2) is 25.3 Å². The highest BCUT2D eigenvalue weighted by atomic mass is 35.5. The molecule has 0 N–H and O–H groups in total. The standard InChI is InChI=1S/C14H14ClN3/c1-18(2)13-6-3-11(4-7-13)9-16-14-8-5-12(15)10-17-14/h3-10H,1-2H3. The molecule has 0 fully saturated rings. The number of benzene rings is 1. The molecule has 92 valence electrons. The Morgan fingerprint density at radius 3 is 2.39 bits per heavy atom. The Kier molecular flexibility index (Phi) is 3.95. The van der Waals surface area contributed by atoms with Crippen molar-refractivity contribution in [2.75, 3.05) is 19.0 Å². The average molecular weight is 260 g/mol. The average Bonchev–Trinajstić information content (AvgIpc) is 2.38. The maximum absolute atomic E-state index is 5.76. The molecule has 0 saturated carbocycles. The van der Waals surface area contributed by atoms with Gasteiger partial charge in [0.15, 0.2) is 5.82 Å². The van der Waals surface area contributed by atoms with Gasteiger partial charge in [-0.15, -0.1) is 0 Å². The lowest BCUT2D eigenvalue weighted by Crippen LogP contribution is -2.08. The first-order valence-corrected chi connectivity index (χ1v) is 5.96. The molecule has 1 aromatic heterocycles. The van der Waals surface area contributed by atoms with Crippen LogP contribution in [0.5, 0.6) is 0 Å². The van der Waals surface area contributed by atoms with Gasteiger partial charge in [0, 0.05) is 32.2 Å². The Balaban J connectivity index is 2.11. The van der Waals surface area contributed by atoms with Crippen molar-refractivity contribution in [2.45, 2.75) is 0 Å². The predicted molar refractivity (Wildman–Crippen MR) is 77.3 cm³/mol. The van der Waals surface area contributed by atoms with Crippen LogP contribution in [0.3, 0.4) is 0 Å². The molecule has 0 spiro atoms. The molecule has 2 aromatic rings. The van der Waals surface area contributed by atoms with Crippen molar-refractivity contribution in [3.05, 3.63) is 53.2 Å². The summed E-state index contributed by atoms with van der Waals surface area (Å²) in [6, 6.07) is 11.7. The van der Waals surface area contributed by atoms with E-state index in [1.807, 2.05) is 26.2 Å². The number of nitrogens with zero attached hydrogens (tertiary/aromatic N) is 3. The summed E-state index contributed by atoms with van der Waals surface area (Å²) in [5, 5.41) is 0.615. The van der Waals surface area contributed by atoms with Gasteiger partial charge in [-0.3, -0.25) is 0 Å². The molecule has 1 aromatic carbocycles. The first-order valence-electron chi connectivity index (χ1n) is 5.58. The van der Waals surface area contributed by atoms with Gasteiger partial charge in [-0.1, -0.05) is 23.7 Å². The summed E-state index contributed by atoms with van der Waals surface area (Å²) >= 11 is 5.76. The topological polar surface area (TPSA) is 28.5 Å². The molecular weight excluding hydrogens is 246 g/mol. The van der Waals surface area contributed by atoms with E-state index in [0.29, 0.717) is 10.8 Å². The van der Waals surface area contributed by atoms with E-state index < -0.39 is 0 Å². The third-order valence-corrected chi connectivity index (χ3v) is 2.69. The Morgan fingerprint density at radius 1 is 1.11 bits per heavy atom. The third kappa shape index (κ3) is 3.31. The molecule has 0 saturated heterocycles. The lowest BCUT2D eigenvalue weighted by Gasteiger charge is -2.11. The Bertz CT molecular complexity index is 530. The van der Waals surface area contributed by atoms with Crippen molar-refractivity contribution in [2.24, 2.45) is 4.99 Å². The molecule has 18 heavy (non-hydrogen) atoms. The van der Waals surface area contributed by atoms with Gasteiger partial charge in [-0.2, -0.15) is 0 Å². The minimum atomic E-state index is 0.615. The second kappa shape index (κ2) is 5.65. The summed E-state index contributed by atoms with van der Waals surface area (Å²) in [6.07, 6.45) is 3.37. The van der Waals surface area contributed by atoms with E-state index in [4.69, 9.17) is 11.6 Å². The van der Waals surface area contributed by atoms with E-state index in [1.54, 1.807) is 24.5 Å². The first kappa shape index (κ1) is 12.6. The number of aromatic nitrogens is 1. The van der Waals surface area contributed by atoms with E-state index in [2.05, 4.69) is 27.0 Å². The van der Waals surface area contributed by atoms with Crippen molar-refractivity contribution in [3.63, 3.8) is 0 Å². The van der Waals surface area contributed by atoms with Gasteiger partial charge in [0.25, 0.3) is 0 Å². The van der Waals surface area contributed by atoms with E-state index in [-0.39, 0.29) is 0 Å². The van der Waals surface area contributed by atoms with Crippen LogP contribution in [-0.2, 0) is 0 Å². The molecule has 0 bridgehead atoms. The molecule has 0 amide bonds. The Morgan fingerprint density at radius 2 is 1.83 bits per heavy atom. The summed E-state index contributed by atoms with van der Waals surface area (Å²) in [4.78, 5) is 10.4. The van der Waals surface area contributed by atoms with Gasteiger partial charge in [0.1, 0.15) is 0 Å². The van der Waals surface area contributed by atoms with E-state index in [0.717, 1.165) is 11.3 Å². The van der Waals surface area contributed by atoms with Crippen molar-refractivity contribution < 1.29 is 0 Å². The molecule has 2 rings (SSSR count). The van der Waals surface area contributed by atoms with Crippen LogP contribution >= 0.6 is 11.6 Å². The quantitative estimate of drug-likeness (QED) is 0.789. The zero-order valence-corrected chi connectivity index (χ0v) is 11.1. The van der Waals surface area contributed by atoms with Crippen molar-refractivity contribution in [1.29, 1.82) is 0 Å². The SMILES string of the molecule is CN(C)c1ccc(C=Nc2ccc(Cl)cn2)cc1. The fourth-order valence-corrected chi connectivity index (χ4v) is 1.56. The molecular formula is C14H14ClN3. The highest BCUT2D eigenvalue weighted by Crippen LogP contribution is 2.14. The van der Waals surface area contributed by atoms with Crippen LogP contribution in [0.2, 0.25) is 5.02 Å². The number of halogens is 1. The highest BCUT2D eigenvalue weighted by Gasteiger charge is 1.94. The molecule has 0 atom stereocenters. The van der Waals surface area contributed by atoms with Crippen molar-refractivity contribution in [3.8, 4) is 0 Å². The van der Waals surface area contributed by atoms with Gasteiger partial charge in [-0.05, 0) is 29.8 Å². The van der Waals surface area contributed by atoms with Crippen molar-refractivity contribution in [1.82, 2.24) is 4.98 Å². The first-order chi connectivity index (χ1) is 8.65. The fraction of sp³-hybridized carbons (Fsp3) is 0.143. The van der Waals surface area contributed by atoms with E-state index in [1.165, 1.54) is 0 Å². The van der Waals surface area contributed by atoms with Crippen LogP contribution in [0.4, 0.5) is 11.5 Å². The minimum absolute atomic E-state index is 0.615. The number of rotatable bonds is 3. The van der Waals surface area contributed by atoms with Gasteiger partial charge in [0.2, 0.25) is 0 Å². The monoisotopic (exact) mass is 259 g/mol. The number of hydrogen-bond acceptors (Lipinski definition) is 3. The zero-order chi connectivity index (χ0) is 13.0. The number of hydrogen-bond donors (Lipinski definition) is 0. The molecule has 0 aliphatic carbocycles. The smallest absolute Gasteiger partial charge is 0.151 e. The maximum atomic E-state index is 5.76. The second-order valence-electron chi connectivity index (χ2n) is 4.08. The maximum Gasteiger partial charge on any atom is 0.151 e. The van der Waals surface area contributed by atoms with Crippen molar-refractivity contribution >= 4 is 29.3 Å². The molecule has 0 aliphatic heterocycles. The molecule has 0 unspecified atom stereocenters. The Labute approximate surface area is 112 Å². The van der Waals surface area contributed by atoms with E-state index >= 15 is 0 Å². The highest BCUT2D eigenvalue weighted by molar-refractivity contribution is 6.30. The summed E-state index contributed by atoms with van der Waals surface area (Å²) in [7, 11) is 4.03. The molecule has 4 heteroatoms. The van der Waals surface area contributed by atoms with Gasteiger partial charge in [-0.25, -0.2) is 9.98 Å². The van der Waals surface area contributed by atoms with Gasteiger partial charge in [0.05, 0.1) is 5.02 Å². The third-order valence-electron chi connectivity index (χ3n) is 2.47. The summed E-state index contributed by atoms with van der Waals surface area (Å²) < 4.78 is 0. The molecule has 0 radical (unpaired) electrons. The molecule has 1 heterocycles. The minimum Gasteiger partial charge on any atom is -0.378 e. The van der Waals surface area contributed by atoms with Crippen LogP contribution in [0.1, 0.15) is 5.56 Å². The molecule has 3 nitrogen and oxygen atoms in total. The van der Waals surface area contributed by atoms with Gasteiger partial charge >= 0.3 is 0 Å². The Hall–Kier alpha value is -1.87. The summed E-state index contributed by atoms with van der Waals surface area (Å²) in [5.41, 5.74) is 2.20. The van der Waals surface area contributed by atoms with Crippen LogP contribution < -0.4 is 4.90 Å². The van der Waals surface area contributed by atoms with Gasteiger partial charge < -0.3 is 4.90 Å². The zero-order valence-electron chi connectivity index (χ0n) is 10.3. The number of anilines is 1. The van der Waals surface area contributed by atoms with E-state index in [9.17, 15) is 0 Å². The largest absolute Gasteiger partial charge is 0.378 e. The second-order valence-corrected chi connectivity index (χ2v) is 4.52. The number of pyridine rings is 1. The predicted octanol–water partition coefficient (Wildman–Crippen LogP) is 3.55. The van der Waals surface area contributed by atoms with Crippen LogP contribution in [0.25, 0.3) is 0 Å². The summed E-state index contributed by atoms with van der Waals surface area (Å²) in [5.74, 6) is 0.649. The lowest BCUT2D eigenvalue weighted by molar-refractivity contribution is 1.13. The number of aliphatic imine (C=N–C) groups is 1. The normalized spacial score (nSPS) is 10.8. The lowest BCUT2D eigenvalue weighted by atomic mass is 10.2. The fourth-order valence-electron chi connectivity index (χ4n) is 1.44. The van der Waals surface area contributed by atoms with Crippen LogP contribution in [0, 0.1) is 0 Å². The summed E-state index contributed by atoms with van der Waals surface area (Å²) in [6.45, 7) is 0. The van der Waals surface area contributed by atoms with Crippen LogP contribution in [0.15, 0.2) is 47.6 Å².